The third-order valence-electron chi connectivity index (χ3n) is 5.11. The molecule has 1 saturated heterocycles. The van der Waals surface area contributed by atoms with Crippen molar-refractivity contribution in [2.24, 2.45) is 0 Å². The van der Waals surface area contributed by atoms with Crippen molar-refractivity contribution in [1.82, 2.24) is 14.9 Å². The van der Waals surface area contributed by atoms with Crippen LogP contribution in [0, 0.1) is 0 Å². The molecule has 2 heterocycles. The van der Waals surface area contributed by atoms with Crippen molar-refractivity contribution in [2.75, 3.05) is 12.4 Å². The molecule has 1 aliphatic heterocycles. The summed E-state index contributed by atoms with van der Waals surface area (Å²) in [6, 6.07) is 14.1. The zero-order valence-electron chi connectivity index (χ0n) is 17.3. The number of hydrogen-bond acceptors (Lipinski definition) is 6. The summed E-state index contributed by atoms with van der Waals surface area (Å²) in [5.74, 6) is -0.873. The Morgan fingerprint density at radius 2 is 2.00 bits per heavy atom. The Hall–Kier alpha value is -2.68. The highest BCUT2D eigenvalue weighted by Crippen LogP contribution is 2.22. The van der Waals surface area contributed by atoms with Gasteiger partial charge in [0.25, 0.3) is 5.56 Å². The number of amides is 2. The summed E-state index contributed by atoms with van der Waals surface area (Å²) < 4.78 is 7.24. The second-order valence-electron chi connectivity index (χ2n) is 7.53. The topological polar surface area (TPSA) is 90.3 Å². The lowest BCUT2D eigenvalue weighted by molar-refractivity contribution is -0.128. The highest BCUT2D eigenvalue weighted by Gasteiger charge is 2.21. The quantitative estimate of drug-likeness (QED) is 0.420. The number of imide groups is 1. The third-order valence-corrected chi connectivity index (χ3v) is 6.32. The minimum absolute atomic E-state index is 0.0510. The first-order valence-electron chi connectivity index (χ1n) is 10.3. The second-order valence-corrected chi connectivity index (χ2v) is 8.91. The van der Waals surface area contributed by atoms with E-state index in [9.17, 15) is 14.4 Å². The number of thioether (sulfide) groups is 1. The van der Waals surface area contributed by atoms with E-state index in [1.807, 2.05) is 30.3 Å². The molecule has 9 heteroatoms. The van der Waals surface area contributed by atoms with Crippen LogP contribution in [0.25, 0.3) is 10.9 Å². The molecule has 1 fully saturated rings. The van der Waals surface area contributed by atoms with E-state index in [0.717, 1.165) is 30.2 Å². The van der Waals surface area contributed by atoms with E-state index in [1.165, 1.54) is 0 Å². The number of benzene rings is 2. The smallest absolute Gasteiger partial charge is 0.262 e. The van der Waals surface area contributed by atoms with Gasteiger partial charge >= 0.3 is 0 Å². The molecule has 3 aromatic rings. The fraction of sp³-hybridized carbons (Fsp3) is 0.304. The number of rotatable bonds is 7. The number of nitrogens with zero attached hydrogens (tertiary/aromatic N) is 2. The number of hydrogen-bond donors (Lipinski definition) is 1. The van der Waals surface area contributed by atoms with Crippen LogP contribution >= 0.6 is 23.4 Å². The highest BCUT2D eigenvalue weighted by atomic mass is 35.5. The third kappa shape index (κ3) is 5.56. The number of carbonyl (C=O) groups is 2. The minimum atomic E-state index is -0.444. The lowest BCUT2D eigenvalue weighted by atomic mass is 10.1. The van der Waals surface area contributed by atoms with E-state index in [4.69, 9.17) is 16.3 Å². The maximum atomic E-state index is 13.1. The zero-order valence-corrected chi connectivity index (χ0v) is 18.8. The highest BCUT2D eigenvalue weighted by molar-refractivity contribution is 7.99. The molecule has 1 atom stereocenters. The van der Waals surface area contributed by atoms with Gasteiger partial charge in [0.05, 0.1) is 35.7 Å². The van der Waals surface area contributed by atoms with Crippen LogP contribution in [0.2, 0.25) is 5.02 Å². The first-order chi connectivity index (χ1) is 15.5. The Morgan fingerprint density at radius 3 is 2.75 bits per heavy atom. The van der Waals surface area contributed by atoms with Gasteiger partial charge in [-0.2, -0.15) is 0 Å². The molecular formula is C23H22ClN3O4S. The van der Waals surface area contributed by atoms with Gasteiger partial charge in [0, 0.05) is 11.6 Å². The first kappa shape index (κ1) is 22.5. The number of halogens is 1. The Kier molecular flexibility index (Phi) is 7.24. The fourth-order valence-corrected chi connectivity index (χ4v) is 4.56. The Labute approximate surface area is 194 Å². The van der Waals surface area contributed by atoms with E-state index >= 15 is 0 Å². The predicted octanol–water partition coefficient (Wildman–Crippen LogP) is 3.21. The average molecular weight is 472 g/mol. The van der Waals surface area contributed by atoms with Crippen LogP contribution in [0.1, 0.15) is 18.4 Å². The SMILES string of the molecule is O=C(CSc1nc2cc(Cl)ccc2c(=O)n1CC1CCCO1)NC(=O)Cc1ccccc1. The molecule has 0 aliphatic carbocycles. The van der Waals surface area contributed by atoms with Gasteiger partial charge < -0.3 is 4.74 Å². The zero-order chi connectivity index (χ0) is 22.5. The van der Waals surface area contributed by atoms with Crippen LogP contribution in [0.15, 0.2) is 58.5 Å². The van der Waals surface area contributed by atoms with Crippen LogP contribution in [0.4, 0.5) is 0 Å². The number of nitrogens with one attached hydrogen (secondary N) is 1. The summed E-state index contributed by atoms with van der Waals surface area (Å²) in [5.41, 5.74) is 1.09. The van der Waals surface area contributed by atoms with Crippen molar-refractivity contribution >= 4 is 46.1 Å². The molecule has 1 aromatic heterocycles. The Bertz CT molecular complexity index is 1190. The number of carbonyl (C=O) groups excluding carboxylic acids is 2. The van der Waals surface area contributed by atoms with Gasteiger partial charge in [0.2, 0.25) is 11.8 Å². The van der Waals surface area contributed by atoms with Gasteiger partial charge in [-0.1, -0.05) is 53.7 Å². The summed E-state index contributed by atoms with van der Waals surface area (Å²) in [4.78, 5) is 42.2. The van der Waals surface area contributed by atoms with Crippen LogP contribution in [-0.4, -0.2) is 39.8 Å². The Morgan fingerprint density at radius 1 is 1.19 bits per heavy atom. The molecule has 4 rings (SSSR count). The van der Waals surface area contributed by atoms with Gasteiger partial charge in [-0.15, -0.1) is 0 Å². The second kappa shape index (κ2) is 10.3. The molecule has 2 aromatic carbocycles. The molecule has 1 N–H and O–H groups in total. The lowest BCUT2D eigenvalue weighted by Crippen LogP contribution is -2.33. The van der Waals surface area contributed by atoms with Crippen molar-refractivity contribution in [2.45, 2.75) is 37.1 Å². The molecule has 1 unspecified atom stereocenters. The normalized spacial score (nSPS) is 15.7. The van der Waals surface area contributed by atoms with Gasteiger partial charge in [0.15, 0.2) is 5.16 Å². The summed E-state index contributed by atoms with van der Waals surface area (Å²) >= 11 is 7.19. The van der Waals surface area contributed by atoms with E-state index in [2.05, 4.69) is 10.3 Å². The van der Waals surface area contributed by atoms with Crippen LogP contribution in [-0.2, 0) is 27.3 Å². The van der Waals surface area contributed by atoms with Gasteiger partial charge in [-0.25, -0.2) is 4.98 Å². The first-order valence-corrected chi connectivity index (χ1v) is 11.7. The summed E-state index contributed by atoms with van der Waals surface area (Å²) in [7, 11) is 0. The van der Waals surface area contributed by atoms with Crippen molar-refractivity contribution in [3.8, 4) is 0 Å². The average Bonchev–Trinajstić information content (AvgIpc) is 3.28. The molecule has 0 saturated carbocycles. The van der Waals surface area contributed by atoms with E-state index in [1.54, 1.807) is 22.8 Å². The van der Waals surface area contributed by atoms with Crippen LogP contribution in [0.3, 0.4) is 0 Å². The minimum Gasteiger partial charge on any atom is -0.376 e. The Balaban J connectivity index is 1.49. The van der Waals surface area contributed by atoms with Gasteiger partial charge in [-0.3, -0.25) is 24.3 Å². The van der Waals surface area contributed by atoms with Crippen molar-refractivity contribution in [3.63, 3.8) is 0 Å². The maximum Gasteiger partial charge on any atom is 0.262 e. The molecule has 1 aliphatic rings. The molecule has 7 nitrogen and oxygen atoms in total. The fourth-order valence-electron chi connectivity index (χ4n) is 3.58. The van der Waals surface area contributed by atoms with Gasteiger partial charge in [0.1, 0.15) is 0 Å². The number of ether oxygens (including phenoxy) is 1. The monoisotopic (exact) mass is 471 g/mol. The molecule has 2 amide bonds. The van der Waals surface area contributed by atoms with E-state index < -0.39 is 5.91 Å². The van der Waals surface area contributed by atoms with Gasteiger partial charge in [-0.05, 0) is 36.6 Å². The van der Waals surface area contributed by atoms with E-state index in [-0.39, 0.29) is 29.7 Å². The molecular weight excluding hydrogens is 450 g/mol. The predicted molar refractivity (Wildman–Crippen MR) is 124 cm³/mol. The molecule has 0 spiro atoms. The largest absolute Gasteiger partial charge is 0.376 e. The van der Waals surface area contributed by atoms with Crippen molar-refractivity contribution < 1.29 is 14.3 Å². The summed E-state index contributed by atoms with van der Waals surface area (Å²) in [6.45, 7) is 1.03. The molecule has 32 heavy (non-hydrogen) atoms. The number of fused-ring (bicyclic) bond motifs is 1. The molecule has 0 radical (unpaired) electrons. The van der Waals surface area contributed by atoms with Crippen LogP contribution < -0.4 is 10.9 Å². The standard InChI is InChI=1S/C23H22ClN3O4S/c24-16-8-9-18-19(12-16)25-23(27(22(18)30)13-17-7-4-10-31-17)32-14-21(29)26-20(28)11-15-5-2-1-3-6-15/h1-3,5-6,8-9,12,17H,4,7,10-11,13-14H2,(H,26,28,29). The van der Waals surface area contributed by atoms with Crippen LogP contribution in [0.5, 0.6) is 0 Å². The molecule has 166 valence electrons. The van der Waals surface area contributed by atoms with Crippen molar-refractivity contribution in [1.29, 1.82) is 0 Å². The summed E-state index contributed by atoms with van der Waals surface area (Å²) in [5, 5.41) is 3.72. The van der Waals surface area contributed by atoms with E-state index in [0.29, 0.717) is 34.2 Å². The molecule has 0 bridgehead atoms. The summed E-state index contributed by atoms with van der Waals surface area (Å²) in [6.07, 6.45) is 1.86. The lowest BCUT2D eigenvalue weighted by Gasteiger charge is -2.16. The maximum absolute atomic E-state index is 13.1. The van der Waals surface area contributed by atoms with Crippen molar-refractivity contribution in [3.05, 3.63) is 69.5 Å². The number of aromatic nitrogens is 2.